The predicted octanol–water partition coefficient (Wildman–Crippen LogP) is 3.29. The first-order chi connectivity index (χ1) is 8.17. The molecule has 0 spiro atoms. The minimum atomic E-state index is -0.270. The van der Waals surface area contributed by atoms with Crippen LogP contribution in [-0.2, 0) is 18.4 Å². The van der Waals surface area contributed by atoms with E-state index in [9.17, 15) is 0 Å². The molecule has 0 fully saturated rings. The van der Waals surface area contributed by atoms with Crippen molar-refractivity contribution in [1.82, 2.24) is 0 Å². The summed E-state index contributed by atoms with van der Waals surface area (Å²) in [7, 11) is 0. The molecule has 2 aromatic carbocycles. The zero-order valence-corrected chi connectivity index (χ0v) is 10.2. The van der Waals surface area contributed by atoms with Gasteiger partial charge in [0.15, 0.2) is 0 Å². The normalized spacial score (nSPS) is 16.8. The molecule has 17 heavy (non-hydrogen) atoms. The molecule has 0 bridgehead atoms. The second-order valence-electron chi connectivity index (χ2n) is 4.79. The molecule has 2 N–H and O–H groups in total. The van der Waals surface area contributed by atoms with Crippen LogP contribution in [0.5, 0.6) is 0 Å². The summed E-state index contributed by atoms with van der Waals surface area (Å²) in [6.07, 6.45) is 1.82. The highest BCUT2D eigenvalue weighted by Crippen LogP contribution is 2.35. The standard InChI is InChI=1S/C15H14ClN/c16-14-7-5-13(6-8-14)15(17)9-11-3-1-2-4-12(11)10-15/h1-8H,9-10,17H2. The van der Waals surface area contributed by atoms with Crippen LogP contribution in [0.4, 0.5) is 0 Å². The van der Waals surface area contributed by atoms with Gasteiger partial charge >= 0.3 is 0 Å². The van der Waals surface area contributed by atoms with Gasteiger partial charge in [0, 0.05) is 10.6 Å². The van der Waals surface area contributed by atoms with Gasteiger partial charge in [-0.1, -0.05) is 48.0 Å². The lowest BCUT2D eigenvalue weighted by atomic mass is 9.88. The van der Waals surface area contributed by atoms with Crippen molar-refractivity contribution >= 4 is 11.6 Å². The molecule has 0 aromatic heterocycles. The topological polar surface area (TPSA) is 26.0 Å². The quantitative estimate of drug-likeness (QED) is 0.817. The second kappa shape index (κ2) is 3.86. The molecule has 0 saturated heterocycles. The summed E-state index contributed by atoms with van der Waals surface area (Å²) in [5, 5.41) is 0.757. The fourth-order valence-corrected chi connectivity index (χ4v) is 2.76. The molecule has 2 heteroatoms. The second-order valence-corrected chi connectivity index (χ2v) is 5.22. The van der Waals surface area contributed by atoms with E-state index in [0.717, 1.165) is 23.4 Å². The minimum absolute atomic E-state index is 0.270. The Hall–Kier alpha value is -1.31. The summed E-state index contributed by atoms with van der Waals surface area (Å²) in [5.41, 5.74) is 10.2. The van der Waals surface area contributed by atoms with E-state index in [1.807, 2.05) is 24.3 Å². The Labute approximate surface area is 106 Å². The number of fused-ring (bicyclic) bond motifs is 1. The number of benzene rings is 2. The molecule has 0 amide bonds. The third-order valence-corrected chi connectivity index (χ3v) is 3.80. The van der Waals surface area contributed by atoms with Gasteiger partial charge in [0.2, 0.25) is 0 Å². The Morgan fingerprint density at radius 2 is 1.41 bits per heavy atom. The maximum Gasteiger partial charge on any atom is 0.0491 e. The van der Waals surface area contributed by atoms with Crippen LogP contribution in [0.2, 0.25) is 5.02 Å². The van der Waals surface area contributed by atoms with E-state index >= 15 is 0 Å². The maximum absolute atomic E-state index is 6.54. The maximum atomic E-state index is 6.54. The summed E-state index contributed by atoms with van der Waals surface area (Å²) in [4.78, 5) is 0. The lowest BCUT2D eigenvalue weighted by Gasteiger charge is -2.24. The first kappa shape index (κ1) is 10.8. The van der Waals surface area contributed by atoms with Gasteiger partial charge < -0.3 is 5.73 Å². The van der Waals surface area contributed by atoms with Crippen molar-refractivity contribution < 1.29 is 0 Å². The van der Waals surface area contributed by atoms with Gasteiger partial charge in [0.25, 0.3) is 0 Å². The van der Waals surface area contributed by atoms with Crippen molar-refractivity contribution in [3.8, 4) is 0 Å². The summed E-state index contributed by atoms with van der Waals surface area (Å²) >= 11 is 5.91. The van der Waals surface area contributed by atoms with E-state index in [1.54, 1.807) is 0 Å². The van der Waals surface area contributed by atoms with Gasteiger partial charge in [-0.05, 0) is 41.7 Å². The highest BCUT2D eigenvalue weighted by molar-refractivity contribution is 6.30. The Morgan fingerprint density at radius 3 is 1.94 bits per heavy atom. The molecular formula is C15H14ClN. The van der Waals surface area contributed by atoms with Crippen LogP contribution in [0.25, 0.3) is 0 Å². The monoisotopic (exact) mass is 243 g/mol. The number of hydrogen-bond donors (Lipinski definition) is 1. The highest BCUT2D eigenvalue weighted by Gasteiger charge is 2.34. The Morgan fingerprint density at radius 1 is 0.882 bits per heavy atom. The summed E-state index contributed by atoms with van der Waals surface area (Å²) in [6, 6.07) is 16.4. The third-order valence-electron chi connectivity index (χ3n) is 3.55. The molecule has 2 aromatic rings. The molecule has 0 saturated carbocycles. The van der Waals surface area contributed by atoms with Gasteiger partial charge in [-0.3, -0.25) is 0 Å². The van der Waals surface area contributed by atoms with Crippen LogP contribution >= 0.6 is 11.6 Å². The molecular weight excluding hydrogens is 230 g/mol. The molecule has 0 radical (unpaired) electrons. The first-order valence-electron chi connectivity index (χ1n) is 5.79. The summed E-state index contributed by atoms with van der Waals surface area (Å²) < 4.78 is 0. The molecule has 0 aliphatic heterocycles. The lowest BCUT2D eigenvalue weighted by molar-refractivity contribution is 0.473. The molecule has 1 aliphatic rings. The molecule has 1 aliphatic carbocycles. The van der Waals surface area contributed by atoms with Crippen molar-refractivity contribution in [2.75, 3.05) is 0 Å². The van der Waals surface area contributed by atoms with Crippen LogP contribution in [0, 0.1) is 0 Å². The van der Waals surface area contributed by atoms with Gasteiger partial charge in [0.1, 0.15) is 0 Å². The average Bonchev–Trinajstić information content (AvgIpc) is 2.67. The fourth-order valence-electron chi connectivity index (χ4n) is 2.63. The lowest BCUT2D eigenvalue weighted by Crippen LogP contribution is -2.37. The zero-order chi connectivity index (χ0) is 11.9. The van der Waals surface area contributed by atoms with Crippen LogP contribution in [-0.4, -0.2) is 0 Å². The van der Waals surface area contributed by atoms with E-state index in [1.165, 1.54) is 11.1 Å². The summed E-state index contributed by atoms with van der Waals surface area (Å²) in [5.74, 6) is 0. The molecule has 0 heterocycles. The van der Waals surface area contributed by atoms with Crippen LogP contribution in [0.15, 0.2) is 48.5 Å². The first-order valence-corrected chi connectivity index (χ1v) is 6.17. The van der Waals surface area contributed by atoms with Crippen molar-refractivity contribution in [2.24, 2.45) is 5.73 Å². The third kappa shape index (κ3) is 1.86. The van der Waals surface area contributed by atoms with Crippen LogP contribution < -0.4 is 5.73 Å². The van der Waals surface area contributed by atoms with E-state index in [-0.39, 0.29) is 5.54 Å². The Balaban J connectivity index is 1.98. The SMILES string of the molecule is NC1(c2ccc(Cl)cc2)Cc2ccccc2C1. The van der Waals surface area contributed by atoms with Crippen molar-refractivity contribution in [2.45, 2.75) is 18.4 Å². The minimum Gasteiger partial charge on any atom is -0.321 e. The smallest absolute Gasteiger partial charge is 0.0491 e. The van der Waals surface area contributed by atoms with Crippen molar-refractivity contribution in [3.05, 3.63) is 70.2 Å². The summed E-state index contributed by atoms with van der Waals surface area (Å²) in [6.45, 7) is 0. The molecule has 3 rings (SSSR count). The molecule has 86 valence electrons. The zero-order valence-electron chi connectivity index (χ0n) is 9.49. The van der Waals surface area contributed by atoms with Crippen molar-refractivity contribution in [3.63, 3.8) is 0 Å². The number of halogens is 1. The molecule has 0 unspecified atom stereocenters. The van der Waals surface area contributed by atoms with Crippen LogP contribution in [0.1, 0.15) is 16.7 Å². The Kier molecular flexibility index (Phi) is 2.46. The van der Waals surface area contributed by atoms with Crippen molar-refractivity contribution in [1.29, 1.82) is 0 Å². The van der Waals surface area contributed by atoms with Gasteiger partial charge in [-0.25, -0.2) is 0 Å². The number of rotatable bonds is 1. The van der Waals surface area contributed by atoms with E-state index < -0.39 is 0 Å². The molecule has 1 nitrogen and oxygen atoms in total. The van der Waals surface area contributed by atoms with Gasteiger partial charge in [0.05, 0.1) is 0 Å². The molecule has 0 atom stereocenters. The largest absolute Gasteiger partial charge is 0.321 e. The number of nitrogens with two attached hydrogens (primary N) is 1. The van der Waals surface area contributed by atoms with Crippen LogP contribution in [0.3, 0.4) is 0 Å². The van der Waals surface area contributed by atoms with E-state index in [2.05, 4.69) is 24.3 Å². The van der Waals surface area contributed by atoms with E-state index in [4.69, 9.17) is 17.3 Å². The highest BCUT2D eigenvalue weighted by atomic mass is 35.5. The van der Waals surface area contributed by atoms with Gasteiger partial charge in [-0.2, -0.15) is 0 Å². The Bertz CT molecular complexity index is 520. The van der Waals surface area contributed by atoms with E-state index in [0.29, 0.717) is 0 Å². The predicted molar refractivity (Wildman–Crippen MR) is 71.2 cm³/mol. The fraction of sp³-hybridized carbons (Fsp3) is 0.200. The average molecular weight is 244 g/mol. The van der Waals surface area contributed by atoms with Gasteiger partial charge in [-0.15, -0.1) is 0 Å². The number of hydrogen-bond acceptors (Lipinski definition) is 1.